The molecule has 8 heteroatoms. The molecule has 0 aliphatic heterocycles. The molecule has 0 fully saturated rings. The van der Waals surface area contributed by atoms with E-state index >= 15 is 0 Å². The zero-order valence-electron chi connectivity index (χ0n) is 19.7. The summed E-state index contributed by atoms with van der Waals surface area (Å²) in [5.41, 5.74) is 5.01. The van der Waals surface area contributed by atoms with E-state index < -0.39 is 0 Å². The fourth-order valence-corrected chi connectivity index (χ4v) is 4.77. The van der Waals surface area contributed by atoms with Crippen LogP contribution in [0.15, 0.2) is 36.7 Å². The van der Waals surface area contributed by atoms with Crippen molar-refractivity contribution >= 4 is 32.6 Å². The lowest BCUT2D eigenvalue weighted by molar-refractivity contribution is 0.443. The van der Waals surface area contributed by atoms with Crippen molar-refractivity contribution in [1.82, 2.24) is 30.5 Å². The van der Waals surface area contributed by atoms with Crippen molar-refractivity contribution < 1.29 is 0 Å². The maximum absolute atomic E-state index is 4.78. The van der Waals surface area contributed by atoms with Crippen LogP contribution in [0, 0.1) is 6.92 Å². The molecule has 4 rings (SSSR count). The van der Waals surface area contributed by atoms with Crippen LogP contribution in [-0.2, 0) is 6.54 Å². The van der Waals surface area contributed by atoms with Crippen LogP contribution in [0.4, 0.5) is 10.9 Å². The van der Waals surface area contributed by atoms with Crippen LogP contribution >= 0.6 is 11.3 Å². The van der Waals surface area contributed by atoms with Crippen molar-refractivity contribution in [2.24, 2.45) is 0 Å². The van der Waals surface area contributed by atoms with Gasteiger partial charge in [0.25, 0.3) is 0 Å². The number of unbranched alkanes of at least 4 members (excludes halogenated alkanes) is 3. The van der Waals surface area contributed by atoms with E-state index in [1.54, 1.807) is 6.20 Å². The Morgan fingerprint density at radius 1 is 1.09 bits per heavy atom. The number of rotatable bonds is 12. The van der Waals surface area contributed by atoms with Crippen LogP contribution < -0.4 is 10.6 Å². The Hall–Kier alpha value is -2.84. The van der Waals surface area contributed by atoms with Gasteiger partial charge in [0.15, 0.2) is 5.13 Å². The van der Waals surface area contributed by atoms with E-state index in [1.807, 2.05) is 25.3 Å². The van der Waals surface area contributed by atoms with Crippen molar-refractivity contribution in [2.45, 2.75) is 71.9 Å². The SMILES string of the molecule is CCCCCCC(CC)NCc1ccnc(Nc2nc3ccc(-c4cn[nH]c4C)nc3s2)c1. The van der Waals surface area contributed by atoms with Gasteiger partial charge in [0.2, 0.25) is 0 Å². The minimum absolute atomic E-state index is 0.565. The summed E-state index contributed by atoms with van der Waals surface area (Å²) in [7, 11) is 0. The molecular weight excluding hydrogens is 430 g/mol. The number of anilines is 2. The van der Waals surface area contributed by atoms with Gasteiger partial charge in [-0.15, -0.1) is 0 Å². The molecule has 1 atom stereocenters. The molecule has 4 aromatic rings. The number of hydrogen-bond donors (Lipinski definition) is 3. The second-order valence-electron chi connectivity index (χ2n) is 8.46. The Labute approximate surface area is 199 Å². The zero-order valence-corrected chi connectivity index (χ0v) is 20.5. The summed E-state index contributed by atoms with van der Waals surface area (Å²) in [5, 5.41) is 14.9. The molecule has 3 N–H and O–H groups in total. The van der Waals surface area contributed by atoms with Gasteiger partial charge in [-0.05, 0) is 49.6 Å². The first-order valence-electron chi connectivity index (χ1n) is 11.9. The largest absolute Gasteiger partial charge is 0.316 e. The van der Waals surface area contributed by atoms with Gasteiger partial charge in [0, 0.05) is 30.0 Å². The Morgan fingerprint density at radius 3 is 2.79 bits per heavy atom. The standard InChI is InChI=1S/C25H33N7S/c1-4-6-7-8-9-19(5-2)27-15-18-12-13-26-23(14-18)31-25-30-22-11-10-21(29-24(22)33-25)20-16-28-32-17(20)3/h10-14,16,19,27H,4-9,15H2,1-3H3,(H,28,32)(H,26,30,31). The summed E-state index contributed by atoms with van der Waals surface area (Å²) in [6.07, 6.45) is 11.3. The Balaban J connectivity index is 1.39. The molecule has 174 valence electrons. The van der Waals surface area contributed by atoms with Crippen molar-refractivity contribution in [1.29, 1.82) is 0 Å². The quantitative estimate of drug-likeness (QED) is 0.212. The van der Waals surface area contributed by atoms with Gasteiger partial charge in [0.05, 0.1) is 11.9 Å². The number of pyridine rings is 2. The first-order chi connectivity index (χ1) is 16.2. The van der Waals surface area contributed by atoms with E-state index in [0.717, 1.165) is 51.2 Å². The molecule has 0 saturated carbocycles. The first-order valence-corrected chi connectivity index (χ1v) is 12.7. The molecule has 0 aliphatic carbocycles. The molecule has 0 radical (unpaired) electrons. The smallest absolute Gasteiger partial charge is 0.190 e. The van der Waals surface area contributed by atoms with Crippen LogP contribution in [0.2, 0.25) is 0 Å². The fourth-order valence-electron chi connectivity index (χ4n) is 3.92. The monoisotopic (exact) mass is 463 g/mol. The topological polar surface area (TPSA) is 91.4 Å². The predicted octanol–water partition coefficient (Wildman–Crippen LogP) is 6.37. The molecular formula is C25H33N7S. The van der Waals surface area contributed by atoms with Gasteiger partial charge < -0.3 is 10.6 Å². The highest BCUT2D eigenvalue weighted by atomic mass is 32.1. The number of hydrogen-bond acceptors (Lipinski definition) is 7. The molecule has 4 aromatic heterocycles. The number of aromatic nitrogens is 5. The number of aryl methyl sites for hydroxylation is 1. The first kappa shape index (κ1) is 23.3. The van der Waals surface area contributed by atoms with Gasteiger partial charge in [-0.3, -0.25) is 5.10 Å². The lowest BCUT2D eigenvalue weighted by Gasteiger charge is -2.17. The molecule has 1 unspecified atom stereocenters. The Kier molecular flexibility index (Phi) is 8.01. The molecule has 7 nitrogen and oxygen atoms in total. The summed E-state index contributed by atoms with van der Waals surface area (Å²) >= 11 is 1.53. The van der Waals surface area contributed by atoms with Crippen molar-refractivity contribution in [2.75, 3.05) is 5.32 Å². The lowest BCUT2D eigenvalue weighted by Crippen LogP contribution is -2.27. The van der Waals surface area contributed by atoms with Crippen LogP contribution in [0.5, 0.6) is 0 Å². The third kappa shape index (κ3) is 6.15. The minimum Gasteiger partial charge on any atom is -0.316 e. The molecule has 0 saturated heterocycles. The van der Waals surface area contributed by atoms with E-state index in [9.17, 15) is 0 Å². The van der Waals surface area contributed by atoms with E-state index in [2.05, 4.69) is 56.8 Å². The van der Waals surface area contributed by atoms with Gasteiger partial charge in [-0.2, -0.15) is 5.10 Å². The molecule has 0 aromatic carbocycles. The predicted molar refractivity (Wildman–Crippen MR) is 137 cm³/mol. The number of aromatic amines is 1. The second kappa shape index (κ2) is 11.3. The van der Waals surface area contributed by atoms with Crippen LogP contribution in [0.1, 0.15) is 63.6 Å². The normalized spacial score (nSPS) is 12.3. The third-order valence-corrected chi connectivity index (χ3v) is 6.80. The number of nitrogens with one attached hydrogen (secondary N) is 3. The third-order valence-electron chi connectivity index (χ3n) is 5.91. The molecule has 0 spiro atoms. The average molecular weight is 464 g/mol. The van der Waals surface area contributed by atoms with Gasteiger partial charge >= 0.3 is 0 Å². The molecule has 4 heterocycles. The van der Waals surface area contributed by atoms with Crippen molar-refractivity contribution in [3.05, 3.63) is 47.9 Å². The van der Waals surface area contributed by atoms with Gasteiger partial charge in [-0.25, -0.2) is 15.0 Å². The maximum Gasteiger partial charge on any atom is 0.190 e. The van der Waals surface area contributed by atoms with E-state index in [4.69, 9.17) is 4.98 Å². The lowest BCUT2D eigenvalue weighted by atomic mass is 10.0. The molecule has 33 heavy (non-hydrogen) atoms. The number of H-pyrrole nitrogens is 1. The zero-order chi connectivity index (χ0) is 23.0. The fraction of sp³-hybridized carbons (Fsp3) is 0.440. The highest BCUT2D eigenvalue weighted by Crippen LogP contribution is 2.29. The summed E-state index contributed by atoms with van der Waals surface area (Å²) in [5.74, 6) is 0.801. The maximum atomic E-state index is 4.78. The van der Waals surface area contributed by atoms with E-state index in [1.165, 1.54) is 49.0 Å². The number of thiazole rings is 1. The van der Waals surface area contributed by atoms with Gasteiger partial charge in [0.1, 0.15) is 16.2 Å². The number of fused-ring (bicyclic) bond motifs is 1. The highest BCUT2D eigenvalue weighted by Gasteiger charge is 2.11. The minimum atomic E-state index is 0.565. The summed E-state index contributed by atoms with van der Waals surface area (Å²) in [6.45, 7) is 7.36. The van der Waals surface area contributed by atoms with E-state index in [0.29, 0.717) is 6.04 Å². The van der Waals surface area contributed by atoms with Crippen molar-refractivity contribution in [3.63, 3.8) is 0 Å². The summed E-state index contributed by atoms with van der Waals surface area (Å²) in [4.78, 5) is 14.8. The summed E-state index contributed by atoms with van der Waals surface area (Å²) in [6, 6.07) is 8.72. The van der Waals surface area contributed by atoms with Crippen LogP contribution in [-0.4, -0.2) is 31.2 Å². The van der Waals surface area contributed by atoms with E-state index in [-0.39, 0.29) is 0 Å². The molecule has 0 bridgehead atoms. The average Bonchev–Trinajstić information content (AvgIpc) is 3.43. The van der Waals surface area contributed by atoms with Gasteiger partial charge in [-0.1, -0.05) is 50.9 Å². The number of nitrogens with zero attached hydrogens (tertiary/aromatic N) is 4. The van der Waals surface area contributed by atoms with Crippen molar-refractivity contribution in [3.8, 4) is 11.3 Å². The van der Waals surface area contributed by atoms with Crippen LogP contribution in [0.25, 0.3) is 21.6 Å². The highest BCUT2D eigenvalue weighted by molar-refractivity contribution is 7.21. The Bertz CT molecular complexity index is 1170. The molecule has 0 amide bonds. The summed E-state index contributed by atoms with van der Waals surface area (Å²) < 4.78 is 0. The molecule has 0 aliphatic rings. The second-order valence-corrected chi connectivity index (χ2v) is 9.44. The van der Waals surface area contributed by atoms with Crippen LogP contribution in [0.3, 0.4) is 0 Å². The Morgan fingerprint density at radius 2 is 2.00 bits per heavy atom.